The number of H-pyrrole nitrogens is 1. The van der Waals surface area contributed by atoms with Crippen molar-refractivity contribution < 1.29 is 29.3 Å². The van der Waals surface area contributed by atoms with Gasteiger partial charge < -0.3 is 29.7 Å². The molecule has 5 aromatic rings. The van der Waals surface area contributed by atoms with Crippen LogP contribution in [-0.2, 0) is 16.1 Å². The monoisotopic (exact) mass is 622 g/mol. The van der Waals surface area contributed by atoms with Gasteiger partial charge in [0.25, 0.3) is 0 Å². The molecule has 1 atom stereocenters. The fourth-order valence-corrected chi connectivity index (χ4v) is 5.48. The van der Waals surface area contributed by atoms with Gasteiger partial charge in [0.1, 0.15) is 34.6 Å². The average Bonchev–Trinajstić information content (AvgIpc) is 3.69. The summed E-state index contributed by atoms with van der Waals surface area (Å²) >= 11 is 0. The minimum atomic E-state index is -1.27. The molecule has 234 valence electrons. The first-order valence-electron chi connectivity index (χ1n) is 14.7. The minimum Gasteiger partial charge on any atom is -0.507 e. The number of hydrogen-bond acceptors (Lipinski definition) is 11. The zero-order chi connectivity index (χ0) is 32.2. The topological polar surface area (TPSA) is 191 Å². The van der Waals surface area contributed by atoms with Crippen molar-refractivity contribution in [1.82, 2.24) is 19.6 Å². The Balaban J connectivity index is 1.12. The van der Waals surface area contributed by atoms with E-state index in [4.69, 9.17) is 24.8 Å². The molecular weight excluding hydrogens is 592 g/mol. The molecule has 1 aliphatic heterocycles. The first-order chi connectivity index (χ1) is 22.3. The summed E-state index contributed by atoms with van der Waals surface area (Å²) in [5, 5.41) is 39.1. The van der Waals surface area contributed by atoms with E-state index in [9.17, 15) is 14.7 Å². The van der Waals surface area contributed by atoms with Crippen molar-refractivity contribution in [3.8, 4) is 11.8 Å². The third-order valence-electron chi connectivity index (χ3n) is 7.88. The summed E-state index contributed by atoms with van der Waals surface area (Å²) in [4.78, 5) is 36.4. The molecule has 0 saturated carbocycles. The molecule has 1 fully saturated rings. The molecule has 2 aromatic carbocycles. The van der Waals surface area contributed by atoms with Gasteiger partial charge in [-0.1, -0.05) is 12.1 Å². The summed E-state index contributed by atoms with van der Waals surface area (Å²) in [7, 11) is 0. The maximum atomic E-state index is 12.8. The number of carbonyl (C=O) groups excluding carboxylic acids is 1. The number of nitrogens with zero attached hydrogens (tertiary/aromatic N) is 7. The number of aromatic nitrogens is 4. The summed E-state index contributed by atoms with van der Waals surface area (Å²) in [6.45, 7) is 3.16. The van der Waals surface area contributed by atoms with Gasteiger partial charge in [-0.15, -0.1) is 0 Å². The predicted molar refractivity (Wildman–Crippen MR) is 166 cm³/mol. The van der Waals surface area contributed by atoms with Gasteiger partial charge in [-0.3, -0.25) is 0 Å². The Bertz CT molecular complexity index is 1970. The third-order valence-corrected chi connectivity index (χ3v) is 7.88. The van der Waals surface area contributed by atoms with Crippen molar-refractivity contribution in [1.29, 1.82) is 5.26 Å². The number of pyridine rings is 1. The zero-order valence-corrected chi connectivity index (χ0v) is 24.8. The van der Waals surface area contributed by atoms with Crippen molar-refractivity contribution in [2.24, 2.45) is 16.1 Å². The minimum absolute atomic E-state index is 0.0420. The van der Waals surface area contributed by atoms with Crippen LogP contribution in [0.25, 0.3) is 22.1 Å². The number of piperidine rings is 1. The SMILES string of the molecule is C[C@@H](OC(=O)OCc1ccc(/N=N/c2ccc(O)c(C(=O)O)c2)cc1)c1nc2cnc3[nH]ccc3c2n1N1CCC(CC#N)CC1. The number of aromatic hydroxyl groups is 1. The van der Waals surface area contributed by atoms with Gasteiger partial charge in [0.15, 0.2) is 11.9 Å². The highest BCUT2D eigenvalue weighted by atomic mass is 16.7. The molecule has 0 bridgehead atoms. The smallest absolute Gasteiger partial charge is 0.507 e. The van der Waals surface area contributed by atoms with E-state index in [2.05, 4.69) is 31.3 Å². The molecule has 0 amide bonds. The molecule has 3 aromatic heterocycles. The Morgan fingerprint density at radius 1 is 1.13 bits per heavy atom. The molecule has 4 heterocycles. The Labute approximate surface area is 262 Å². The Kier molecular flexibility index (Phi) is 8.46. The van der Waals surface area contributed by atoms with Gasteiger partial charge in [-0.2, -0.15) is 15.5 Å². The lowest BCUT2D eigenvalue weighted by atomic mass is 9.95. The van der Waals surface area contributed by atoms with Crippen LogP contribution >= 0.6 is 0 Å². The first-order valence-corrected chi connectivity index (χ1v) is 14.7. The van der Waals surface area contributed by atoms with Gasteiger partial charge in [0.2, 0.25) is 0 Å². The van der Waals surface area contributed by atoms with E-state index in [-0.39, 0.29) is 23.6 Å². The summed E-state index contributed by atoms with van der Waals surface area (Å²) in [5.74, 6) is -0.736. The number of fused-ring (bicyclic) bond motifs is 3. The molecule has 14 nitrogen and oxygen atoms in total. The zero-order valence-electron chi connectivity index (χ0n) is 24.8. The van der Waals surface area contributed by atoms with E-state index in [1.807, 2.05) is 16.9 Å². The lowest BCUT2D eigenvalue weighted by Crippen LogP contribution is -2.43. The number of rotatable bonds is 9. The summed E-state index contributed by atoms with van der Waals surface area (Å²) < 4.78 is 13.1. The highest BCUT2D eigenvalue weighted by Gasteiger charge is 2.28. The van der Waals surface area contributed by atoms with E-state index in [0.29, 0.717) is 34.9 Å². The highest BCUT2D eigenvalue weighted by molar-refractivity contribution is 6.01. The predicted octanol–water partition coefficient (Wildman–Crippen LogP) is 6.41. The van der Waals surface area contributed by atoms with Crippen LogP contribution in [0.1, 0.15) is 54.0 Å². The Hall–Kier alpha value is -5.97. The quantitative estimate of drug-likeness (QED) is 0.122. The molecule has 46 heavy (non-hydrogen) atoms. The third kappa shape index (κ3) is 6.29. The van der Waals surface area contributed by atoms with Gasteiger partial charge in [-0.25, -0.2) is 24.2 Å². The Morgan fingerprint density at radius 3 is 2.61 bits per heavy atom. The molecule has 1 saturated heterocycles. The molecule has 0 aliphatic carbocycles. The largest absolute Gasteiger partial charge is 0.509 e. The van der Waals surface area contributed by atoms with E-state index in [0.717, 1.165) is 42.5 Å². The number of benzene rings is 2. The van der Waals surface area contributed by atoms with E-state index < -0.39 is 18.2 Å². The first kappa shape index (κ1) is 30.1. The number of nitrogens with one attached hydrogen (secondary N) is 1. The number of carboxylic acid groups (broad SMARTS) is 1. The Morgan fingerprint density at radius 2 is 1.87 bits per heavy atom. The van der Waals surface area contributed by atoms with Crippen LogP contribution in [0, 0.1) is 17.2 Å². The summed E-state index contributed by atoms with van der Waals surface area (Å²) in [6.07, 6.45) is 4.20. The van der Waals surface area contributed by atoms with Crippen LogP contribution in [0.3, 0.4) is 0 Å². The second-order valence-electron chi connectivity index (χ2n) is 10.9. The average molecular weight is 623 g/mol. The van der Waals surface area contributed by atoms with Crippen molar-refractivity contribution in [2.45, 2.75) is 38.9 Å². The molecule has 0 spiro atoms. The van der Waals surface area contributed by atoms with Gasteiger partial charge in [0, 0.05) is 31.1 Å². The van der Waals surface area contributed by atoms with Crippen LogP contribution < -0.4 is 5.01 Å². The normalized spacial score (nSPS) is 14.5. The molecule has 14 heteroatoms. The number of carboxylic acids is 1. The number of azo groups is 1. The number of imidazole rings is 1. The number of aromatic carboxylic acids is 1. The fourth-order valence-electron chi connectivity index (χ4n) is 5.48. The number of hydrogen-bond donors (Lipinski definition) is 3. The summed E-state index contributed by atoms with van der Waals surface area (Å²) in [5.41, 5.74) is 3.46. The molecule has 6 rings (SSSR count). The van der Waals surface area contributed by atoms with Gasteiger partial charge >= 0.3 is 12.1 Å². The molecular formula is C32H30N8O6. The number of aromatic amines is 1. The van der Waals surface area contributed by atoms with Crippen molar-refractivity contribution >= 4 is 45.6 Å². The standard InChI is InChI=1S/C32H30N8O6/c1-19(30-36-26-17-35-29-24(9-13-34-29)28(26)40(30)39-14-10-20(8-12-33)11-15-39)46-32(44)45-18-21-2-4-22(5-3-21)37-38-23-6-7-27(41)25(16-23)31(42)43/h2-7,9,13,16-17,19-20,41H,8,10-11,14-15,18H2,1H3,(H,34,35)(H,42,43)/b38-37+/t19-/m1/s1. The maximum Gasteiger partial charge on any atom is 0.509 e. The molecule has 3 N–H and O–H groups in total. The van der Waals surface area contributed by atoms with Gasteiger partial charge in [-0.05, 0) is 67.6 Å². The molecule has 1 aliphatic rings. The van der Waals surface area contributed by atoms with Crippen molar-refractivity contribution in [2.75, 3.05) is 18.1 Å². The van der Waals surface area contributed by atoms with Crippen LogP contribution in [0.2, 0.25) is 0 Å². The van der Waals surface area contributed by atoms with E-state index in [1.165, 1.54) is 18.2 Å². The molecule has 0 unspecified atom stereocenters. The maximum absolute atomic E-state index is 12.8. The number of ether oxygens (including phenoxy) is 2. The lowest BCUT2D eigenvalue weighted by Gasteiger charge is -2.35. The number of carbonyl (C=O) groups is 2. The van der Waals surface area contributed by atoms with Gasteiger partial charge in [0.05, 0.1) is 23.6 Å². The fraction of sp³-hybridized carbons (Fsp3) is 0.281. The number of phenols is 1. The van der Waals surface area contributed by atoms with Crippen molar-refractivity contribution in [3.05, 3.63) is 77.9 Å². The van der Waals surface area contributed by atoms with E-state index >= 15 is 0 Å². The summed E-state index contributed by atoms with van der Waals surface area (Å²) in [6, 6.07) is 14.9. The van der Waals surface area contributed by atoms with Crippen LogP contribution in [0.5, 0.6) is 5.75 Å². The lowest BCUT2D eigenvalue weighted by molar-refractivity contribution is 0.0203. The molecule has 0 radical (unpaired) electrons. The van der Waals surface area contributed by atoms with Crippen LogP contribution in [0.15, 0.2) is 71.2 Å². The van der Waals surface area contributed by atoms with Crippen molar-refractivity contribution in [3.63, 3.8) is 0 Å². The second kappa shape index (κ2) is 12.9. The number of nitriles is 1. The highest BCUT2D eigenvalue weighted by Crippen LogP contribution is 2.31. The van der Waals surface area contributed by atoms with Crippen LogP contribution in [-0.4, -0.2) is 55.1 Å². The van der Waals surface area contributed by atoms with E-state index in [1.54, 1.807) is 37.4 Å². The van der Waals surface area contributed by atoms with Crippen LogP contribution in [0.4, 0.5) is 16.2 Å². The second-order valence-corrected chi connectivity index (χ2v) is 10.9.